The summed E-state index contributed by atoms with van der Waals surface area (Å²) in [7, 11) is 1.70. The molecule has 10 heteroatoms. The van der Waals surface area contributed by atoms with Gasteiger partial charge in [-0.25, -0.2) is 4.98 Å². The number of anilines is 2. The van der Waals surface area contributed by atoms with Gasteiger partial charge in [-0.1, -0.05) is 12.1 Å². The van der Waals surface area contributed by atoms with Crippen LogP contribution < -0.4 is 20.1 Å². The first kappa shape index (κ1) is 21.9. The number of rotatable bonds is 6. The number of fused-ring (bicyclic) bond motifs is 1. The lowest BCUT2D eigenvalue weighted by Crippen LogP contribution is -2.17. The number of nitrogens with zero attached hydrogens (tertiary/aromatic N) is 2. The SMILES string of the molecule is CNc1nccc(Oc2ccc3c(NC(=O)c4ccc(OC(F)(F)F)cc4)cccc3c2)n1. The Labute approximate surface area is 186 Å². The highest BCUT2D eigenvalue weighted by atomic mass is 19.4. The van der Waals surface area contributed by atoms with Gasteiger partial charge < -0.3 is 20.1 Å². The van der Waals surface area contributed by atoms with Crippen LogP contribution in [0, 0.1) is 0 Å². The summed E-state index contributed by atoms with van der Waals surface area (Å²) in [5, 5.41) is 7.18. The maximum Gasteiger partial charge on any atom is 0.573 e. The molecule has 33 heavy (non-hydrogen) atoms. The van der Waals surface area contributed by atoms with E-state index in [2.05, 4.69) is 25.3 Å². The number of amides is 1. The Bertz CT molecular complexity index is 1290. The molecule has 0 saturated heterocycles. The first-order valence-electron chi connectivity index (χ1n) is 9.69. The predicted octanol–water partition coefficient (Wildman–Crippen LogP) is 5.61. The molecule has 4 aromatic rings. The summed E-state index contributed by atoms with van der Waals surface area (Å²) in [6.45, 7) is 0. The summed E-state index contributed by atoms with van der Waals surface area (Å²) < 4.78 is 46.5. The molecule has 0 unspecified atom stereocenters. The van der Waals surface area contributed by atoms with Crippen molar-refractivity contribution in [3.63, 3.8) is 0 Å². The molecule has 0 spiro atoms. The van der Waals surface area contributed by atoms with E-state index in [0.717, 1.165) is 22.9 Å². The smallest absolute Gasteiger partial charge is 0.439 e. The van der Waals surface area contributed by atoms with Gasteiger partial charge in [0.15, 0.2) is 0 Å². The fourth-order valence-corrected chi connectivity index (χ4v) is 3.08. The zero-order valence-corrected chi connectivity index (χ0v) is 17.2. The number of hydrogen-bond acceptors (Lipinski definition) is 6. The fraction of sp³-hybridized carbons (Fsp3) is 0.0870. The molecule has 0 fully saturated rings. The van der Waals surface area contributed by atoms with Crippen LogP contribution in [0.2, 0.25) is 0 Å². The predicted molar refractivity (Wildman–Crippen MR) is 117 cm³/mol. The summed E-state index contributed by atoms with van der Waals surface area (Å²) in [4.78, 5) is 20.8. The molecular weight excluding hydrogens is 437 g/mol. The Morgan fingerprint density at radius 2 is 1.73 bits per heavy atom. The van der Waals surface area contributed by atoms with E-state index in [0.29, 0.717) is 23.3 Å². The fourth-order valence-electron chi connectivity index (χ4n) is 3.08. The molecule has 1 amide bonds. The molecule has 1 heterocycles. The summed E-state index contributed by atoms with van der Waals surface area (Å²) >= 11 is 0. The Kier molecular flexibility index (Phi) is 5.99. The highest BCUT2D eigenvalue weighted by Crippen LogP contribution is 2.30. The summed E-state index contributed by atoms with van der Waals surface area (Å²) in [5.74, 6) is 0.476. The minimum absolute atomic E-state index is 0.186. The molecule has 0 atom stereocenters. The number of benzene rings is 3. The van der Waals surface area contributed by atoms with E-state index in [1.807, 2.05) is 6.07 Å². The standard InChI is InChI=1S/C23H17F3N4O3/c1-27-22-28-12-11-20(30-22)32-17-9-10-18-15(13-17)3-2-4-19(18)29-21(31)14-5-7-16(8-6-14)33-23(24,25)26/h2-13H,1H3,(H,29,31)(H,27,28,30). The molecule has 4 rings (SSSR count). The first-order chi connectivity index (χ1) is 15.8. The van der Waals surface area contributed by atoms with Crippen molar-refractivity contribution in [2.75, 3.05) is 17.7 Å². The van der Waals surface area contributed by atoms with Crippen LogP contribution in [0.15, 0.2) is 72.9 Å². The van der Waals surface area contributed by atoms with Gasteiger partial charge in [0.1, 0.15) is 11.5 Å². The lowest BCUT2D eigenvalue weighted by Gasteiger charge is -2.12. The van der Waals surface area contributed by atoms with Gasteiger partial charge in [-0.15, -0.1) is 13.2 Å². The van der Waals surface area contributed by atoms with E-state index < -0.39 is 18.0 Å². The van der Waals surface area contributed by atoms with E-state index in [4.69, 9.17) is 4.74 Å². The summed E-state index contributed by atoms with van der Waals surface area (Å²) in [5.41, 5.74) is 0.727. The Morgan fingerprint density at radius 3 is 2.45 bits per heavy atom. The van der Waals surface area contributed by atoms with Crippen molar-refractivity contribution >= 4 is 28.3 Å². The van der Waals surface area contributed by atoms with Gasteiger partial charge in [-0.3, -0.25) is 4.79 Å². The zero-order chi connectivity index (χ0) is 23.4. The van der Waals surface area contributed by atoms with E-state index in [1.165, 1.54) is 12.1 Å². The average molecular weight is 454 g/mol. The molecule has 1 aromatic heterocycles. The van der Waals surface area contributed by atoms with Gasteiger partial charge in [0.25, 0.3) is 5.91 Å². The lowest BCUT2D eigenvalue weighted by atomic mass is 10.1. The number of nitrogens with one attached hydrogen (secondary N) is 2. The topological polar surface area (TPSA) is 85.4 Å². The van der Waals surface area contributed by atoms with Crippen LogP contribution in [0.5, 0.6) is 17.4 Å². The Balaban J connectivity index is 1.51. The highest BCUT2D eigenvalue weighted by Gasteiger charge is 2.31. The van der Waals surface area contributed by atoms with Crippen molar-refractivity contribution in [1.82, 2.24) is 9.97 Å². The molecule has 0 aliphatic carbocycles. The molecule has 0 aliphatic rings. The third-order valence-corrected chi connectivity index (χ3v) is 4.53. The van der Waals surface area contributed by atoms with Crippen LogP contribution in [-0.4, -0.2) is 29.3 Å². The molecule has 0 radical (unpaired) electrons. The van der Waals surface area contributed by atoms with Crippen molar-refractivity contribution in [1.29, 1.82) is 0 Å². The van der Waals surface area contributed by atoms with Crippen LogP contribution in [0.25, 0.3) is 10.8 Å². The number of halogens is 3. The van der Waals surface area contributed by atoms with E-state index >= 15 is 0 Å². The van der Waals surface area contributed by atoms with Crippen LogP contribution in [0.4, 0.5) is 24.8 Å². The van der Waals surface area contributed by atoms with Gasteiger partial charge in [0.2, 0.25) is 11.8 Å². The largest absolute Gasteiger partial charge is 0.573 e. The molecule has 0 saturated carbocycles. The zero-order valence-electron chi connectivity index (χ0n) is 17.2. The normalized spacial score (nSPS) is 11.2. The van der Waals surface area contributed by atoms with Crippen molar-refractivity contribution in [2.24, 2.45) is 0 Å². The molecule has 0 bridgehead atoms. The van der Waals surface area contributed by atoms with Crippen molar-refractivity contribution in [3.8, 4) is 17.4 Å². The maximum atomic E-state index is 12.6. The van der Waals surface area contributed by atoms with Crippen molar-refractivity contribution in [2.45, 2.75) is 6.36 Å². The van der Waals surface area contributed by atoms with Crippen molar-refractivity contribution in [3.05, 3.63) is 78.5 Å². The van der Waals surface area contributed by atoms with Crippen LogP contribution >= 0.6 is 0 Å². The molecule has 2 N–H and O–H groups in total. The quantitative estimate of drug-likeness (QED) is 0.394. The van der Waals surface area contributed by atoms with Gasteiger partial charge in [0, 0.05) is 35.9 Å². The third kappa shape index (κ3) is 5.48. The molecule has 168 valence electrons. The number of carbonyl (C=O) groups is 1. The van der Waals surface area contributed by atoms with Gasteiger partial charge in [-0.05, 0) is 53.9 Å². The van der Waals surface area contributed by atoms with E-state index in [9.17, 15) is 18.0 Å². The second kappa shape index (κ2) is 9.03. The number of aromatic nitrogens is 2. The molecule has 3 aromatic carbocycles. The van der Waals surface area contributed by atoms with Crippen LogP contribution in [0.3, 0.4) is 0 Å². The van der Waals surface area contributed by atoms with Crippen LogP contribution in [-0.2, 0) is 0 Å². The van der Waals surface area contributed by atoms with Crippen LogP contribution in [0.1, 0.15) is 10.4 Å². The monoisotopic (exact) mass is 454 g/mol. The number of alkyl halides is 3. The number of hydrogen-bond donors (Lipinski definition) is 2. The third-order valence-electron chi connectivity index (χ3n) is 4.53. The summed E-state index contributed by atoms with van der Waals surface area (Å²) in [6, 6.07) is 17.0. The summed E-state index contributed by atoms with van der Waals surface area (Å²) in [6.07, 6.45) is -3.22. The van der Waals surface area contributed by atoms with Gasteiger partial charge in [-0.2, -0.15) is 4.98 Å². The van der Waals surface area contributed by atoms with Gasteiger partial charge in [0.05, 0.1) is 0 Å². The Hall–Kier alpha value is -4.34. The first-order valence-corrected chi connectivity index (χ1v) is 9.69. The van der Waals surface area contributed by atoms with Gasteiger partial charge >= 0.3 is 6.36 Å². The highest BCUT2D eigenvalue weighted by molar-refractivity contribution is 6.09. The number of ether oxygens (including phenoxy) is 2. The van der Waals surface area contributed by atoms with E-state index in [1.54, 1.807) is 49.6 Å². The second-order valence-corrected chi connectivity index (χ2v) is 6.79. The minimum atomic E-state index is -4.79. The Morgan fingerprint density at radius 1 is 0.970 bits per heavy atom. The maximum absolute atomic E-state index is 12.6. The molecule has 0 aliphatic heterocycles. The number of carbonyl (C=O) groups excluding carboxylic acids is 1. The molecular formula is C23H17F3N4O3. The van der Waals surface area contributed by atoms with E-state index in [-0.39, 0.29) is 5.56 Å². The average Bonchev–Trinajstić information content (AvgIpc) is 2.78. The minimum Gasteiger partial charge on any atom is -0.439 e. The van der Waals surface area contributed by atoms with Crippen molar-refractivity contribution < 1.29 is 27.4 Å². The second-order valence-electron chi connectivity index (χ2n) is 6.79. The molecule has 7 nitrogen and oxygen atoms in total. The lowest BCUT2D eigenvalue weighted by molar-refractivity contribution is -0.274.